The number of rotatable bonds is 4. The third-order valence-electron chi connectivity index (χ3n) is 4.44. The molecule has 1 unspecified atom stereocenters. The fourth-order valence-corrected chi connectivity index (χ4v) is 3.06. The Labute approximate surface area is 109 Å². The van der Waals surface area contributed by atoms with Crippen LogP contribution in [0.5, 0.6) is 0 Å². The van der Waals surface area contributed by atoms with Crippen molar-refractivity contribution in [3.05, 3.63) is 0 Å². The van der Waals surface area contributed by atoms with Gasteiger partial charge in [0.1, 0.15) is 0 Å². The second kappa shape index (κ2) is 5.55. The van der Waals surface area contributed by atoms with E-state index >= 15 is 0 Å². The minimum Gasteiger partial charge on any atom is -0.481 e. The Morgan fingerprint density at radius 1 is 1.28 bits per heavy atom. The van der Waals surface area contributed by atoms with E-state index in [9.17, 15) is 9.90 Å². The molecule has 1 N–H and O–H groups in total. The number of hydrogen-bond acceptors (Lipinski definition) is 4. The highest BCUT2D eigenvalue weighted by molar-refractivity contribution is 5.72. The number of morpholine rings is 1. The molecule has 5 heteroatoms. The second-order valence-corrected chi connectivity index (χ2v) is 5.77. The molecule has 0 aromatic heterocycles. The van der Waals surface area contributed by atoms with Crippen molar-refractivity contribution in [2.75, 3.05) is 45.9 Å². The summed E-state index contributed by atoms with van der Waals surface area (Å²) in [6.07, 6.45) is 0.769. The molecule has 2 rings (SSSR count). The molecule has 1 atom stereocenters. The van der Waals surface area contributed by atoms with Crippen LogP contribution in [-0.4, -0.2) is 72.4 Å². The summed E-state index contributed by atoms with van der Waals surface area (Å²) >= 11 is 0. The maximum absolute atomic E-state index is 11.2. The minimum atomic E-state index is -0.658. The summed E-state index contributed by atoms with van der Waals surface area (Å²) in [5.41, 5.74) is -0.224. The quantitative estimate of drug-likeness (QED) is 0.794. The first kappa shape index (κ1) is 13.8. The van der Waals surface area contributed by atoms with Gasteiger partial charge < -0.3 is 9.84 Å². The van der Waals surface area contributed by atoms with Gasteiger partial charge in [-0.1, -0.05) is 0 Å². The Bertz CT molecular complexity index is 301. The van der Waals surface area contributed by atoms with Crippen molar-refractivity contribution in [1.29, 1.82) is 0 Å². The minimum absolute atomic E-state index is 0.224. The van der Waals surface area contributed by atoms with Crippen molar-refractivity contribution in [1.82, 2.24) is 9.80 Å². The van der Waals surface area contributed by atoms with Gasteiger partial charge in [-0.15, -0.1) is 0 Å². The van der Waals surface area contributed by atoms with Crippen LogP contribution >= 0.6 is 0 Å². The lowest BCUT2D eigenvalue weighted by molar-refractivity contribution is -0.144. The van der Waals surface area contributed by atoms with E-state index in [0.717, 1.165) is 52.4 Å². The molecule has 0 aromatic carbocycles. The molecule has 0 aromatic rings. The first-order valence-corrected chi connectivity index (χ1v) is 6.80. The van der Waals surface area contributed by atoms with E-state index in [-0.39, 0.29) is 11.5 Å². The molecule has 2 saturated heterocycles. The number of carbonyl (C=O) groups is 1. The maximum atomic E-state index is 11.2. The predicted molar refractivity (Wildman–Crippen MR) is 68.7 cm³/mol. The van der Waals surface area contributed by atoms with Crippen LogP contribution in [0.3, 0.4) is 0 Å². The van der Waals surface area contributed by atoms with Crippen LogP contribution in [0.25, 0.3) is 0 Å². The largest absolute Gasteiger partial charge is 0.481 e. The van der Waals surface area contributed by atoms with Crippen molar-refractivity contribution >= 4 is 5.97 Å². The van der Waals surface area contributed by atoms with E-state index in [2.05, 4.69) is 23.6 Å². The van der Waals surface area contributed by atoms with Crippen LogP contribution in [-0.2, 0) is 9.53 Å². The van der Waals surface area contributed by atoms with Gasteiger partial charge in [-0.3, -0.25) is 14.6 Å². The Morgan fingerprint density at radius 2 is 1.94 bits per heavy atom. The van der Waals surface area contributed by atoms with E-state index in [1.54, 1.807) is 0 Å². The van der Waals surface area contributed by atoms with Gasteiger partial charge in [-0.2, -0.15) is 0 Å². The van der Waals surface area contributed by atoms with Gasteiger partial charge in [0.15, 0.2) is 0 Å². The Hall–Kier alpha value is -0.650. The molecular formula is C13H24N2O3. The van der Waals surface area contributed by atoms with E-state index in [0.29, 0.717) is 0 Å². The smallest absolute Gasteiger partial charge is 0.308 e. The molecule has 18 heavy (non-hydrogen) atoms. The molecule has 2 fully saturated rings. The predicted octanol–water partition coefficient (Wildman–Crippen LogP) is 0.504. The summed E-state index contributed by atoms with van der Waals surface area (Å²) in [4.78, 5) is 15.9. The number of carboxylic acid groups (broad SMARTS) is 1. The highest BCUT2D eigenvalue weighted by Crippen LogP contribution is 2.34. The second-order valence-electron chi connectivity index (χ2n) is 5.77. The van der Waals surface area contributed by atoms with E-state index < -0.39 is 5.97 Å². The van der Waals surface area contributed by atoms with Crippen LogP contribution in [0, 0.1) is 5.92 Å². The van der Waals surface area contributed by atoms with Crippen LogP contribution in [0.4, 0.5) is 0 Å². The maximum Gasteiger partial charge on any atom is 0.308 e. The molecule has 2 aliphatic heterocycles. The number of nitrogens with zero attached hydrogens (tertiary/aromatic N) is 2. The summed E-state index contributed by atoms with van der Waals surface area (Å²) in [5, 5.41) is 9.23. The van der Waals surface area contributed by atoms with Crippen molar-refractivity contribution in [3.8, 4) is 0 Å². The van der Waals surface area contributed by atoms with E-state index in [4.69, 9.17) is 4.74 Å². The van der Waals surface area contributed by atoms with E-state index in [1.807, 2.05) is 0 Å². The van der Waals surface area contributed by atoms with Crippen molar-refractivity contribution in [2.24, 2.45) is 5.92 Å². The molecule has 0 aliphatic carbocycles. The fourth-order valence-electron chi connectivity index (χ4n) is 3.06. The van der Waals surface area contributed by atoms with Gasteiger partial charge in [-0.25, -0.2) is 0 Å². The Balaban J connectivity index is 1.84. The third kappa shape index (κ3) is 2.84. The average molecular weight is 256 g/mol. The number of carboxylic acids is 1. The van der Waals surface area contributed by atoms with Crippen LogP contribution in [0.1, 0.15) is 20.3 Å². The lowest BCUT2D eigenvalue weighted by atomic mass is 9.88. The van der Waals surface area contributed by atoms with Crippen LogP contribution < -0.4 is 0 Å². The third-order valence-corrected chi connectivity index (χ3v) is 4.44. The molecule has 0 saturated carbocycles. The zero-order chi connectivity index (χ0) is 13.2. The SMILES string of the molecule is CC1(C)C(C(=O)O)CCN1CCN1CCOCC1. The van der Waals surface area contributed by atoms with Crippen molar-refractivity contribution in [3.63, 3.8) is 0 Å². The van der Waals surface area contributed by atoms with Gasteiger partial charge in [0, 0.05) is 31.7 Å². The van der Waals surface area contributed by atoms with Crippen molar-refractivity contribution in [2.45, 2.75) is 25.8 Å². The average Bonchev–Trinajstić information content (AvgIpc) is 2.63. The fraction of sp³-hybridized carbons (Fsp3) is 0.923. The molecule has 0 bridgehead atoms. The molecule has 0 spiro atoms. The van der Waals surface area contributed by atoms with E-state index in [1.165, 1.54) is 0 Å². The van der Waals surface area contributed by atoms with Crippen LogP contribution in [0.15, 0.2) is 0 Å². The Kier molecular flexibility index (Phi) is 4.25. The number of likely N-dealkylation sites (tertiary alicyclic amines) is 1. The van der Waals surface area contributed by atoms with Gasteiger partial charge in [-0.05, 0) is 26.8 Å². The monoisotopic (exact) mass is 256 g/mol. The molecule has 0 amide bonds. The first-order chi connectivity index (χ1) is 8.51. The topological polar surface area (TPSA) is 53.0 Å². The molecule has 2 heterocycles. The zero-order valence-electron chi connectivity index (χ0n) is 11.4. The summed E-state index contributed by atoms with van der Waals surface area (Å²) in [5.74, 6) is -0.893. The zero-order valence-corrected chi connectivity index (χ0v) is 11.4. The Morgan fingerprint density at radius 3 is 2.50 bits per heavy atom. The van der Waals surface area contributed by atoms with Crippen molar-refractivity contribution < 1.29 is 14.6 Å². The molecule has 104 valence electrons. The van der Waals surface area contributed by atoms with Gasteiger partial charge in [0.2, 0.25) is 0 Å². The highest BCUT2D eigenvalue weighted by Gasteiger charge is 2.44. The first-order valence-electron chi connectivity index (χ1n) is 6.80. The molecular weight excluding hydrogens is 232 g/mol. The standard InChI is InChI=1S/C13H24N2O3/c1-13(2)11(12(16)17)3-4-15(13)6-5-14-7-9-18-10-8-14/h11H,3-10H2,1-2H3,(H,16,17). The molecule has 2 aliphatic rings. The lowest BCUT2D eigenvalue weighted by Crippen LogP contribution is -2.48. The molecule has 5 nitrogen and oxygen atoms in total. The summed E-state index contributed by atoms with van der Waals surface area (Å²) in [7, 11) is 0. The number of hydrogen-bond donors (Lipinski definition) is 1. The summed E-state index contributed by atoms with van der Waals surface area (Å²) < 4.78 is 5.33. The van der Waals surface area contributed by atoms with Gasteiger partial charge in [0.05, 0.1) is 19.1 Å². The summed E-state index contributed by atoms with van der Waals surface area (Å²) in [6, 6.07) is 0. The van der Waals surface area contributed by atoms with Gasteiger partial charge in [0.25, 0.3) is 0 Å². The van der Waals surface area contributed by atoms with Crippen LogP contribution in [0.2, 0.25) is 0 Å². The highest BCUT2D eigenvalue weighted by atomic mass is 16.5. The summed E-state index contributed by atoms with van der Waals surface area (Å²) in [6.45, 7) is 10.6. The number of ether oxygens (including phenoxy) is 1. The normalized spacial score (nSPS) is 29.6. The molecule has 0 radical (unpaired) electrons. The lowest BCUT2D eigenvalue weighted by Gasteiger charge is -2.36. The van der Waals surface area contributed by atoms with Gasteiger partial charge >= 0.3 is 5.97 Å². The number of aliphatic carboxylic acids is 1.